The van der Waals surface area contributed by atoms with Gasteiger partial charge in [-0.3, -0.25) is 0 Å². The fourth-order valence-corrected chi connectivity index (χ4v) is 6.42. The van der Waals surface area contributed by atoms with Gasteiger partial charge in [0.25, 0.3) is 0 Å². The second kappa shape index (κ2) is 5.20. The van der Waals surface area contributed by atoms with Crippen molar-refractivity contribution in [1.29, 1.82) is 0 Å². The molecule has 3 unspecified atom stereocenters. The number of fused-ring (bicyclic) bond motifs is 2. The Morgan fingerprint density at radius 3 is 1.79 bits per heavy atom. The average molecular weight is 320 g/mol. The number of hydrogen-bond acceptors (Lipinski definition) is 1. The van der Waals surface area contributed by atoms with E-state index < -0.39 is 5.60 Å². The van der Waals surface area contributed by atoms with Gasteiger partial charge >= 0.3 is 0 Å². The Balaban J connectivity index is 2.02. The highest BCUT2D eigenvalue weighted by Crippen LogP contribution is 2.74. The Kier molecular flexibility index (Phi) is 3.44. The molecule has 24 heavy (non-hydrogen) atoms. The van der Waals surface area contributed by atoms with Crippen LogP contribution in [0.1, 0.15) is 51.2 Å². The van der Waals surface area contributed by atoms with Gasteiger partial charge in [-0.15, -0.1) is 0 Å². The molecule has 0 spiro atoms. The predicted molar refractivity (Wildman–Crippen MR) is 98.6 cm³/mol. The average Bonchev–Trinajstić information content (AvgIpc) is 2.98. The highest BCUT2D eigenvalue weighted by atomic mass is 16.3. The standard InChI is InChI=1S/C23H28O/c1-17-16-20-14-15-22(17,21(20,2)3)23(24,18-10-6-4-7-11-18)19-12-8-5-9-13-19/h4-13,17,20,24H,14-16H2,1-3H3. The van der Waals surface area contributed by atoms with Crippen LogP contribution in [-0.2, 0) is 5.60 Å². The van der Waals surface area contributed by atoms with Crippen molar-refractivity contribution in [2.75, 3.05) is 0 Å². The molecule has 1 N–H and O–H groups in total. The molecule has 0 radical (unpaired) electrons. The van der Waals surface area contributed by atoms with Gasteiger partial charge in [0.15, 0.2) is 0 Å². The van der Waals surface area contributed by atoms with E-state index >= 15 is 0 Å². The van der Waals surface area contributed by atoms with Crippen molar-refractivity contribution in [3.63, 3.8) is 0 Å². The van der Waals surface area contributed by atoms with Crippen LogP contribution in [0.3, 0.4) is 0 Å². The molecule has 0 heterocycles. The van der Waals surface area contributed by atoms with Gasteiger partial charge in [0.1, 0.15) is 5.60 Å². The predicted octanol–water partition coefficient (Wildman–Crippen LogP) is 5.38. The molecular formula is C23H28O. The molecule has 126 valence electrons. The van der Waals surface area contributed by atoms with Gasteiger partial charge in [0.2, 0.25) is 0 Å². The summed E-state index contributed by atoms with van der Waals surface area (Å²) in [7, 11) is 0. The molecule has 4 rings (SSSR count). The monoisotopic (exact) mass is 320 g/mol. The first-order valence-electron chi connectivity index (χ1n) is 9.28. The van der Waals surface area contributed by atoms with Crippen molar-refractivity contribution in [2.45, 2.75) is 45.6 Å². The Hall–Kier alpha value is -1.60. The van der Waals surface area contributed by atoms with Gasteiger partial charge in [-0.25, -0.2) is 0 Å². The van der Waals surface area contributed by atoms with Crippen molar-refractivity contribution < 1.29 is 5.11 Å². The van der Waals surface area contributed by atoms with E-state index in [-0.39, 0.29) is 10.8 Å². The van der Waals surface area contributed by atoms with Gasteiger partial charge in [-0.1, -0.05) is 81.4 Å². The fraction of sp³-hybridized carbons (Fsp3) is 0.478. The molecule has 2 aromatic carbocycles. The summed E-state index contributed by atoms with van der Waals surface area (Å²) in [6.07, 6.45) is 3.57. The summed E-state index contributed by atoms with van der Waals surface area (Å²) in [4.78, 5) is 0. The molecule has 2 aliphatic carbocycles. The van der Waals surface area contributed by atoms with Gasteiger partial charge in [-0.2, -0.15) is 0 Å². The smallest absolute Gasteiger partial charge is 0.121 e. The lowest BCUT2D eigenvalue weighted by molar-refractivity contribution is -0.124. The van der Waals surface area contributed by atoms with Gasteiger partial charge in [0.05, 0.1) is 0 Å². The minimum absolute atomic E-state index is 0.118. The summed E-state index contributed by atoms with van der Waals surface area (Å²) < 4.78 is 0. The first-order chi connectivity index (χ1) is 11.4. The topological polar surface area (TPSA) is 20.2 Å². The van der Waals surface area contributed by atoms with E-state index in [0.717, 1.165) is 17.5 Å². The maximum Gasteiger partial charge on any atom is 0.121 e. The highest BCUT2D eigenvalue weighted by molar-refractivity contribution is 5.42. The molecule has 2 saturated carbocycles. The van der Waals surface area contributed by atoms with Crippen molar-refractivity contribution in [3.8, 4) is 0 Å². The SMILES string of the molecule is CC1CC2CCC1(C(O)(c1ccccc1)c1ccccc1)C2(C)C. The lowest BCUT2D eigenvalue weighted by atomic mass is 9.52. The number of hydrogen-bond donors (Lipinski definition) is 1. The van der Waals surface area contributed by atoms with Gasteiger partial charge in [-0.05, 0) is 47.6 Å². The van der Waals surface area contributed by atoms with E-state index in [1.807, 2.05) is 12.1 Å². The highest BCUT2D eigenvalue weighted by Gasteiger charge is 2.71. The summed E-state index contributed by atoms with van der Waals surface area (Å²) in [6.45, 7) is 7.15. The summed E-state index contributed by atoms with van der Waals surface area (Å²) in [5.74, 6) is 1.23. The second-order valence-corrected chi connectivity index (χ2v) is 8.51. The van der Waals surface area contributed by atoms with E-state index in [4.69, 9.17) is 0 Å². The van der Waals surface area contributed by atoms with Crippen LogP contribution in [0, 0.1) is 22.7 Å². The maximum atomic E-state index is 12.4. The summed E-state index contributed by atoms with van der Waals surface area (Å²) in [6, 6.07) is 20.7. The lowest BCUT2D eigenvalue weighted by Gasteiger charge is -2.54. The lowest BCUT2D eigenvalue weighted by Crippen LogP contribution is -2.53. The first-order valence-corrected chi connectivity index (χ1v) is 9.28. The van der Waals surface area contributed by atoms with Crippen LogP contribution in [0.2, 0.25) is 0 Å². The van der Waals surface area contributed by atoms with Crippen LogP contribution >= 0.6 is 0 Å². The zero-order valence-corrected chi connectivity index (χ0v) is 15.0. The Morgan fingerprint density at radius 2 is 1.42 bits per heavy atom. The van der Waals surface area contributed by atoms with Crippen molar-refractivity contribution in [2.24, 2.45) is 22.7 Å². The van der Waals surface area contributed by atoms with Crippen LogP contribution in [0.15, 0.2) is 60.7 Å². The summed E-state index contributed by atoms with van der Waals surface area (Å²) in [5, 5.41) is 12.4. The van der Waals surface area contributed by atoms with Crippen LogP contribution in [0.5, 0.6) is 0 Å². The molecule has 2 fully saturated rings. The fourth-order valence-electron chi connectivity index (χ4n) is 6.42. The molecule has 2 aliphatic rings. The van der Waals surface area contributed by atoms with E-state index in [0.29, 0.717) is 11.8 Å². The van der Waals surface area contributed by atoms with Crippen molar-refractivity contribution >= 4 is 0 Å². The molecule has 0 amide bonds. The zero-order chi connectivity index (χ0) is 17.0. The molecule has 3 atom stereocenters. The van der Waals surface area contributed by atoms with Crippen LogP contribution < -0.4 is 0 Å². The van der Waals surface area contributed by atoms with Crippen LogP contribution in [0.25, 0.3) is 0 Å². The molecule has 0 saturated heterocycles. The molecule has 0 aromatic heterocycles. The zero-order valence-electron chi connectivity index (χ0n) is 15.0. The normalized spacial score (nSPS) is 31.3. The van der Waals surface area contributed by atoms with E-state index in [9.17, 15) is 5.11 Å². The maximum absolute atomic E-state index is 12.4. The number of aliphatic hydroxyl groups is 1. The largest absolute Gasteiger partial charge is 0.380 e. The molecule has 1 nitrogen and oxygen atoms in total. The number of rotatable bonds is 3. The third-order valence-electron chi connectivity index (χ3n) is 7.57. The molecule has 0 aliphatic heterocycles. The van der Waals surface area contributed by atoms with Crippen LogP contribution in [0.4, 0.5) is 0 Å². The Morgan fingerprint density at radius 1 is 0.917 bits per heavy atom. The Labute approximate surface area is 145 Å². The molecule has 1 heteroatoms. The van der Waals surface area contributed by atoms with Gasteiger partial charge < -0.3 is 5.11 Å². The third-order valence-corrected chi connectivity index (χ3v) is 7.57. The van der Waals surface area contributed by atoms with Gasteiger partial charge in [0, 0.05) is 5.41 Å². The molecule has 2 aromatic rings. The summed E-state index contributed by atoms with van der Waals surface area (Å²) in [5.41, 5.74) is 1.15. The van der Waals surface area contributed by atoms with E-state index in [1.165, 1.54) is 12.8 Å². The minimum Gasteiger partial charge on any atom is -0.380 e. The molecular weight excluding hydrogens is 292 g/mol. The quantitative estimate of drug-likeness (QED) is 0.804. The Bertz CT molecular complexity index is 679. The van der Waals surface area contributed by atoms with Crippen molar-refractivity contribution in [1.82, 2.24) is 0 Å². The first kappa shape index (κ1) is 15.9. The van der Waals surface area contributed by atoms with Crippen molar-refractivity contribution in [3.05, 3.63) is 71.8 Å². The number of benzene rings is 2. The minimum atomic E-state index is -0.941. The third kappa shape index (κ3) is 1.74. The van der Waals surface area contributed by atoms with Crippen LogP contribution in [-0.4, -0.2) is 5.11 Å². The second-order valence-electron chi connectivity index (χ2n) is 8.51. The summed E-state index contributed by atoms with van der Waals surface area (Å²) >= 11 is 0. The van der Waals surface area contributed by atoms with E-state index in [1.54, 1.807) is 0 Å². The molecule has 2 bridgehead atoms. The van der Waals surface area contributed by atoms with E-state index in [2.05, 4.69) is 69.3 Å².